The van der Waals surface area contributed by atoms with E-state index in [0.29, 0.717) is 17.9 Å². The van der Waals surface area contributed by atoms with Crippen LogP contribution in [0, 0.1) is 0 Å². The third-order valence-electron chi connectivity index (χ3n) is 2.60. The van der Waals surface area contributed by atoms with Crippen LogP contribution < -0.4 is 9.47 Å². The fourth-order valence-corrected chi connectivity index (χ4v) is 1.61. The maximum atomic E-state index is 11.9. The van der Waals surface area contributed by atoms with E-state index in [1.165, 1.54) is 0 Å². The average Bonchev–Trinajstić information content (AvgIpc) is 2.34. The Morgan fingerprint density at radius 3 is 2.44 bits per heavy atom. The van der Waals surface area contributed by atoms with Gasteiger partial charge in [-0.1, -0.05) is 25.8 Å². The van der Waals surface area contributed by atoms with E-state index in [2.05, 4.69) is 6.92 Å². The molecular weight excluding hydrogens is 204 g/mol. The molecule has 1 aromatic rings. The molecule has 0 fully saturated rings. The van der Waals surface area contributed by atoms with Crippen LogP contribution in [-0.4, -0.2) is 14.2 Å². The molecule has 0 N–H and O–H groups in total. The molecule has 1 unspecified atom stereocenters. The lowest BCUT2D eigenvalue weighted by atomic mass is 10.0. The van der Waals surface area contributed by atoms with E-state index in [0.717, 1.165) is 18.4 Å². The van der Waals surface area contributed by atoms with Crippen LogP contribution in [0.3, 0.4) is 0 Å². The lowest BCUT2D eigenvalue weighted by Gasteiger charge is -2.12. The van der Waals surface area contributed by atoms with Gasteiger partial charge in [0.05, 0.1) is 14.2 Å². The highest BCUT2D eigenvalue weighted by atomic mass is 16.5. The molecule has 89 valence electrons. The van der Waals surface area contributed by atoms with Crippen molar-refractivity contribution in [3.05, 3.63) is 23.8 Å². The summed E-state index contributed by atoms with van der Waals surface area (Å²) in [5, 5.41) is 11.9. The van der Waals surface area contributed by atoms with Gasteiger partial charge in [-0.15, -0.1) is 0 Å². The van der Waals surface area contributed by atoms with Gasteiger partial charge in [-0.25, -0.2) is 5.11 Å². The highest BCUT2D eigenvalue weighted by molar-refractivity contribution is 5.43. The van der Waals surface area contributed by atoms with Crippen molar-refractivity contribution in [3.63, 3.8) is 0 Å². The van der Waals surface area contributed by atoms with Gasteiger partial charge in [0.2, 0.25) is 0 Å². The number of hydrogen-bond donors (Lipinski definition) is 0. The molecule has 0 bridgehead atoms. The lowest BCUT2D eigenvalue weighted by Crippen LogP contribution is -1.98. The van der Waals surface area contributed by atoms with Crippen LogP contribution in [0.25, 0.3) is 0 Å². The minimum absolute atomic E-state index is 0.623. The second-order valence-electron chi connectivity index (χ2n) is 3.75. The Morgan fingerprint density at radius 2 is 1.88 bits per heavy atom. The molecule has 0 aliphatic heterocycles. The molecule has 16 heavy (non-hydrogen) atoms. The molecule has 0 amide bonds. The fraction of sp³-hybridized carbons (Fsp3) is 0.538. The molecule has 3 nitrogen and oxygen atoms in total. The zero-order chi connectivity index (χ0) is 12.0. The third-order valence-corrected chi connectivity index (χ3v) is 2.60. The van der Waals surface area contributed by atoms with Crippen molar-refractivity contribution in [1.29, 1.82) is 0 Å². The van der Waals surface area contributed by atoms with E-state index in [9.17, 15) is 5.11 Å². The quantitative estimate of drug-likeness (QED) is 0.741. The highest BCUT2D eigenvalue weighted by Gasteiger charge is 2.12. The van der Waals surface area contributed by atoms with Crippen molar-refractivity contribution >= 4 is 0 Å². The molecule has 3 heteroatoms. The molecule has 0 aromatic heterocycles. The summed E-state index contributed by atoms with van der Waals surface area (Å²) in [7, 11) is 3.16. The van der Waals surface area contributed by atoms with E-state index < -0.39 is 6.10 Å². The molecule has 0 aliphatic carbocycles. The average molecular weight is 223 g/mol. The largest absolute Gasteiger partial charge is 0.493 e. The number of hydrogen-bond acceptors (Lipinski definition) is 2. The molecule has 1 atom stereocenters. The zero-order valence-electron chi connectivity index (χ0n) is 10.2. The van der Waals surface area contributed by atoms with Crippen LogP contribution in [0.4, 0.5) is 0 Å². The maximum Gasteiger partial charge on any atom is 0.161 e. The van der Waals surface area contributed by atoms with Crippen LogP contribution in [0.5, 0.6) is 11.5 Å². The summed E-state index contributed by atoms with van der Waals surface area (Å²) < 4.78 is 10.3. The zero-order valence-corrected chi connectivity index (χ0v) is 10.2. The number of methoxy groups -OCH3 is 2. The Bertz CT molecular complexity index is 323. The molecular formula is C13H19O3. The minimum atomic E-state index is -0.667. The van der Waals surface area contributed by atoms with E-state index in [4.69, 9.17) is 9.47 Å². The summed E-state index contributed by atoms with van der Waals surface area (Å²) in [5.41, 5.74) is 0.770. The smallest absolute Gasteiger partial charge is 0.161 e. The fourth-order valence-electron chi connectivity index (χ4n) is 1.61. The van der Waals surface area contributed by atoms with Crippen molar-refractivity contribution in [2.75, 3.05) is 14.2 Å². The van der Waals surface area contributed by atoms with Crippen LogP contribution in [0.15, 0.2) is 18.2 Å². The van der Waals surface area contributed by atoms with E-state index in [-0.39, 0.29) is 0 Å². The van der Waals surface area contributed by atoms with Crippen LogP contribution in [0.2, 0.25) is 0 Å². The van der Waals surface area contributed by atoms with E-state index in [1.807, 2.05) is 6.07 Å². The lowest BCUT2D eigenvalue weighted by molar-refractivity contribution is 0.0788. The first-order valence-corrected chi connectivity index (χ1v) is 5.60. The topological polar surface area (TPSA) is 38.4 Å². The van der Waals surface area contributed by atoms with E-state index >= 15 is 0 Å². The Kier molecular flexibility index (Phi) is 5.12. The van der Waals surface area contributed by atoms with Gasteiger partial charge < -0.3 is 9.47 Å². The van der Waals surface area contributed by atoms with E-state index in [1.54, 1.807) is 26.4 Å². The summed E-state index contributed by atoms with van der Waals surface area (Å²) in [6.45, 7) is 2.08. The predicted molar refractivity (Wildman–Crippen MR) is 62.5 cm³/mol. The molecule has 0 saturated carbocycles. The van der Waals surface area contributed by atoms with Gasteiger partial charge in [-0.3, -0.25) is 0 Å². The summed E-state index contributed by atoms with van der Waals surface area (Å²) in [6.07, 6.45) is 2.01. The minimum Gasteiger partial charge on any atom is -0.493 e. The molecule has 0 heterocycles. The van der Waals surface area contributed by atoms with Gasteiger partial charge in [-0.2, -0.15) is 0 Å². The van der Waals surface area contributed by atoms with Gasteiger partial charge in [0.25, 0.3) is 0 Å². The second-order valence-corrected chi connectivity index (χ2v) is 3.75. The van der Waals surface area contributed by atoms with Crippen molar-refractivity contribution < 1.29 is 14.6 Å². The molecule has 1 radical (unpaired) electrons. The van der Waals surface area contributed by atoms with Crippen molar-refractivity contribution in [1.82, 2.24) is 0 Å². The van der Waals surface area contributed by atoms with Crippen LogP contribution >= 0.6 is 0 Å². The number of benzene rings is 1. The molecule has 0 spiro atoms. The Morgan fingerprint density at radius 1 is 1.19 bits per heavy atom. The Balaban J connectivity index is 2.81. The predicted octanol–water partition coefficient (Wildman–Crippen LogP) is 3.37. The molecule has 1 rings (SSSR count). The third kappa shape index (κ3) is 3.14. The summed E-state index contributed by atoms with van der Waals surface area (Å²) >= 11 is 0. The maximum absolute atomic E-state index is 11.9. The first-order valence-electron chi connectivity index (χ1n) is 5.60. The molecule has 1 aromatic carbocycles. The van der Waals surface area contributed by atoms with Crippen LogP contribution in [-0.2, 0) is 5.11 Å². The van der Waals surface area contributed by atoms with Gasteiger partial charge in [0.15, 0.2) is 11.5 Å². The molecule has 0 aliphatic rings. The van der Waals surface area contributed by atoms with Crippen molar-refractivity contribution in [3.8, 4) is 11.5 Å². The van der Waals surface area contributed by atoms with Gasteiger partial charge >= 0.3 is 0 Å². The highest BCUT2D eigenvalue weighted by Crippen LogP contribution is 2.31. The monoisotopic (exact) mass is 223 g/mol. The number of unbranched alkanes of at least 4 members (excludes halogenated alkanes) is 1. The first kappa shape index (κ1) is 12.8. The van der Waals surface area contributed by atoms with Gasteiger partial charge in [-0.05, 0) is 24.1 Å². The molecule has 0 saturated heterocycles. The van der Waals surface area contributed by atoms with Crippen molar-refractivity contribution in [2.45, 2.75) is 32.3 Å². The first-order chi connectivity index (χ1) is 7.72. The number of ether oxygens (including phenoxy) is 2. The van der Waals surface area contributed by atoms with Crippen molar-refractivity contribution in [2.24, 2.45) is 0 Å². The summed E-state index contributed by atoms with van der Waals surface area (Å²) in [4.78, 5) is 0. The van der Waals surface area contributed by atoms with Crippen LogP contribution in [0.1, 0.15) is 37.9 Å². The standard InChI is InChI=1S/C13H19O3/c1-4-5-6-11(14)10-7-8-12(15-2)13(9-10)16-3/h7-9,11H,4-6H2,1-3H3. The Hall–Kier alpha value is -1.22. The summed E-state index contributed by atoms with van der Waals surface area (Å²) in [6, 6.07) is 5.37. The second kappa shape index (κ2) is 6.38. The number of rotatable bonds is 6. The van der Waals surface area contributed by atoms with Gasteiger partial charge in [0, 0.05) is 0 Å². The Labute approximate surface area is 97.0 Å². The summed E-state index contributed by atoms with van der Waals surface area (Å²) in [5.74, 6) is 1.28. The normalized spacial score (nSPS) is 12.2. The SMILES string of the molecule is CCCCC([O])c1ccc(OC)c(OC)c1. The van der Waals surface area contributed by atoms with Gasteiger partial charge in [0.1, 0.15) is 6.10 Å².